The lowest BCUT2D eigenvalue weighted by Gasteiger charge is -2.22. The first-order valence-electron chi connectivity index (χ1n) is 4.80. The molecule has 0 aromatic rings. The van der Waals surface area contributed by atoms with Crippen LogP contribution in [0.15, 0.2) is 12.2 Å². The lowest BCUT2D eigenvalue weighted by molar-refractivity contribution is -0.143. The zero-order valence-electron chi connectivity index (χ0n) is 8.05. The van der Waals surface area contributed by atoms with Crippen molar-refractivity contribution >= 4 is 5.97 Å². The second-order valence-electron chi connectivity index (χ2n) is 3.76. The zero-order chi connectivity index (χ0) is 10.1. The van der Waals surface area contributed by atoms with Gasteiger partial charge in [0.05, 0.1) is 18.8 Å². The van der Waals surface area contributed by atoms with Gasteiger partial charge in [0.1, 0.15) is 0 Å². The monoisotopic (exact) mass is 198 g/mol. The summed E-state index contributed by atoms with van der Waals surface area (Å²) < 4.78 is 10.5. The number of carbonyl (C=O) groups is 1. The Hall–Kier alpha value is -0.870. The summed E-state index contributed by atoms with van der Waals surface area (Å²) in [7, 11) is 0. The van der Waals surface area contributed by atoms with Crippen molar-refractivity contribution in [3.63, 3.8) is 0 Å². The number of aliphatic hydroxyl groups is 1. The van der Waals surface area contributed by atoms with Gasteiger partial charge in [-0.3, -0.25) is 4.79 Å². The molecule has 0 saturated carbocycles. The molecule has 0 aromatic heterocycles. The average Bonchev–Trinajstić information content (AvgIpc) is 2.72. The van der Waals surface area contributed by atoms with Gasteiger partial charge in [-0.25, -0.2) is 0 Å². The molecule has 1 N–H and O–H groups in total. The van der Waals surface area contributed by atoms with Crippen LogP contribution >= 0.6 is 0 Å². The molecule has 0 amide bonds. The van der Waals surface area contributed by atoms with E-state index in [1.807, 2.05) is 12.2 Å². The number of hydrogen-bond acceptors (Lipinski definition) is 4. The van der Waals surface area contributed by atoms with Gasteiger partial charge in [0.2, 0.25) is 0 Å². The van der Waals surface area contributed by atoms with Crippen LogP contribution in [0.4, 0.5) is 0 Å². The quantitative estimate of drug-likeness (QED) is 0.516. The number of carbonyl (C=O) groups excluding carboxylic acids is 1. The van der Waals surface area contributed by atoms with Crippen molar-refractivity contribution in [2.45, 2.75) is 19.1 Å². The molecule has 0 radical (unpaired) electrons. The standard InChI is InChI=1S/C10H14O4/c1-6(12)13-5-8-7(4-11)9-2-3-10(8)14-9/h2-3,7-11H,4-5H2,1H3. The molecular formula is C10H14O4. The van der Waals surface area contributed by atoms with Gasteiger partial charge in [-0.2, -0.15) is 0 Å². The van der Waals surface area contributed by atoms with E-state index in [2.05, 4.69) is 0 Å². The Bertz CT molecular complexity index is 261. The SMILES string of the molecule is CC(=O)OCC1C2C=CC(O2)C1CO. The van der Waals surface area contributed by atoms with Crippen molar-refractivity contribution in [3.8, 4) is 0 Å². The summed E-state index contributed by atoms with van der Waals surface area (Å²) in [5.41, 5.74) is 0. The minimum Gasteiger partial charge on any atom is -0.465 e. The van der Waals surface area contributed by atoms with Crippen LogP contribution in [-0.2, 0) is 14.3 Å². The van der Waals surface area contributed by atoms with E-state index in [9.17, 15) is 4.79 Å². The molecule has 2 aliphatic heterocycles. The Morgan fingerprint density at radius 2 is 2.07 bits per heavy atom. The topological polar surface area (TPSA) is 55.8 Å². The highest BCUT2D eigenvalue weighted by Gasteiger charge is 2.45. The molecule has 0 aliphatic carbocycles. The maximum absolute atomic E-state index is 10.7. The van der Waals surface area contributed by atoms with Crippen LogP contribution in [0, 0.1) is 11.8 Å². The molecule has 78 valence electrons. The van der Waals surface area contributed by atoms with Crippen molar-refractivity contribution in [1.29, 1.82) is 0 Å². The van der Waals surface area contributed by atoms with E-state index in [0.717, 1.165) is 0 Å². The van der Waals surface area contributed by atoms with Gasteiger partial charge in [-0.15, -0.1) is 0 Å². The summed E-state index contributed by atoms with van der Waals surface area (Å²) in [6.45, 7) is 1.81. The minimum absolute atomic E-state index is 0.00515. The number of ether oxygens (including phenoxy) is 2. The first kappa shape index (κ1) is 9.68. The van der Waals surface area contributed by atoms with Gasteiger partial charge in [-0.1, -0.05) is 12.2 Å². The third-order valence-electron chi connectivity index (χ3n) is 2.89. The van der Waals surface area contributed by atoms with Crippen LogP contribution in [0.2, 0.25) is 0 Å². The van der Waals surface area contributed by atoms with Gasteiger partial charge in [-0.05, 0) is 0 Å². The molecule has 14 heavy (non-hydrogen) atoms. The third-order valence-corrected chi connectivity index (χ3v) is 2.89. The number of fused-ring (bicyclic) bond motifs is 2. The highest BCUT2D eigenvalue weighted by molar-refractivity contribution is 5.65. The molecule has 0 aromatic carbocycles. The predicted octanol–water partition coefficient (Wildman–Crippen LogP) is 0.111. The van der Waals surface area contributed by atoms with Crippen LogP contribution in [0.5, 0.6) is 0 Å². The molecular weight excluding hydrogens is 184 g/mol. The fraction of sp³-hybridized carbons (Fsp3) is 0.700. The molecule has 2 heterocycles. The fourth-order valence-electron chi connectivity index (χ4n) is 2.14. The Labute approximate surface area is 82.5 Å². The maximum atomic E-state index is 10.7. The van der Waals surface area contributed by atoms with Crippen LogP contribution in [0.3, 0.4) is 0 Å². The Morgan fingerprint density at radius 1 is 1.43 bits per heavy atom. The van der Waals surface area contributed by atoms with E-state index in [0.29, 0.717) is 6.61 Å². The number of esters is 1. The molecule has 1 saturated heterocycles. The molecule has 4 nitrogen and oxygen atoms in total. The number of hydrogen-bond donors (Lipinski definition) is 1. The summed E-state index contributed by atoms with van der Waals surface area (Å²) >= 11 is 0. The van der Waals surface area contributed by atoms with Crippen molar-refractivity contribution in [3.05, 3.63) is 12.2 Å². The molecule has 1 fully saturated rings. The highest BCUT2D eigenvalue weighted by Crippen LogP contribution is 2.38. The first-order chi connectivity index (χ1) is 6.72. The van der Waals surface area contributed by atoms with E-state index < -0.39 is 0 Å². The van der Waals surface area contributed by atoms with Crippen molar-refractivity contribution in [2.24, 2.45) is 11.8 Å². The van der Waals surface area contributed by atoms with Crippen molar-refractivity contribution in [2.75, 3.05) is 13.2 Å². The number of rotatable bonds is 3. The Balaban J connectivity index is 1.97. The van der Waals surface area contributed by atoms with Gasteiger partial charge in [0.25, 0.3) is 0 Å². The lowest BCUT2D eigenvalue weighted by atomic mass is 9.84. The van der Waals surface area contributed by atoms with Crippen LogP contribution in [0.1, 0.15) is 6.92 Å². The summed E-state index contributed by atoms with van der Waals surface area (Å²) in [5.74, 6) is -0.100. The molecule has 2 rings (SSSR count). The lowest BCUT2D eigenvalue weighted by Crippen LogP contribution is -2.31. The second kappa shape index (κ2) is 3.71. The average molecular weight is 198 g/mol. The Kier molecular flexibility index (Phi) is 2.56. The largest absolute Gasteiger partial charge is 0.465 e. The van der Waals surface area contributed by atoms with Crippen molar-refractivity contribution < 1.29 is 19.4 Å². The molecule has 4 unspecified atom stereocenters. The molecule has 0 spiro atoms. The minimum atomic E-state index is -0.284. The van der Waals surface area contributed by atoms with Gasteiger partial charge < -0.3 is 14.6 Å². The molecule has 4 atom stereocenters. The van der Waals surface area contributed by atoms with Gasteiger partial charge in [0, 0.05) is 25.4 Å². The summed E-state index contributed by atoms with van der Waals surface area (Å²) in [6, 6.07) is 0. The predicted molar refractivity (Wildman–Crippen MR) is 48.5 cm³/mol. The van der Waals surface area contributed by atoms with Crippen molar-refractivity contribution in [1.82, 2.24) is 0 Å². The third kappa shape index (κ3) is 1.55. The van der Waals surface area contributed by atoms with Crippen LogP contribution in [-0.4, -0.2) is 36.5 Å². The molecule has 2 bridgehead atoms. The fourth-order valence-corrected chi connectivity index (χ4v) is 2.14. The number of aliphatic hydroxyl groups excluding tert-OH is 1. The molecule has 4 heteroatoms. The van der Waals surface area contributed by atoms with Crippen LogP contribution < -0.4 is 0 Å². The van der Waals surface area contributed by atoms with E-state index in [1.54, 1.807) is 0 Å². The van der Waals surface area contributed by atoms with Crippen LogP contribution in [0.25, 0.3) is 0 Å². The summed E-state index contributed by atoms with van der Waals surface area (Å²) in [4.78, 5) is 10.7. The normalized spacial score (nSPS) is 39.0. The van der Waals surface area contributed by atoms with E-state index >= 15 is 0 Å². The maximum Gasteiger partial charge on any atom is 0.302 e. The van der Waals surface area contributed by atoms with E-state index in [-0.39, 0.29) is 36.6 Å². The highest BCUT2D eigenvalue weighted by atomic mass is 16.5. The first-order valence-corrected chi connectivity index (χ1v) is 4.80. The zero-order valence-corrected chi connectivity index (χ0v) is 8.05. The van der Waals surface area contributed by atoms with Gasteiger partial charge in [0.15, 0.2) is 0 Å². The van der Waals surface area contributed by atoms with E-state index in [1.165, 1.54) is 6.92 Å². The summed E-state index contributed by atoms with van der Waals surface area (Å²) in [6.07, 6.45) is 3.96. The molecule has 2 aliphatic rings. The smallest absolute Gasteiger partial charge is 0.302 e. The summed E-state index contributed by atoms with van der Waals surface area (Å²) in [5, 5.41) is 9.17. The van der Waals surface area contributed by atoms with E-state index in [4.69, 9.17) is 14.6 Å². The van der Waals surface area contributed by atoms with Gasteiger partial charge >= 0.3 is 5.97 Å². The second-order valence-corrected chi connectivity index (χ2v) is 3.76. The Morgan fingerprint density at radius 3 is 2.64 bits per heavy atom.